The van der Waals surface area contributed by atoms with E-state index in [0.29, 0.717) is 0 Å². The Hall–Kier alpha value is -13.7. The molecule has 0 fully saturated rings. The largest absolute Gasteiger partial charge is 0.356 e. The molecule has 113 heavy (non-hydrogen) atoms. The second kappa shape index (κ2) is 35.8. The van der Waals surface area contributed by atoms with Crippen molar-refractivity contribution in [3.63, 3.8) is 0 Å². The highest BCUT2D eigenvalue weighted by atomic mass is 79.9. The highest BCUT2D eigenvalue weighted by molar-refractivity contribution is 9.10. The zero-order valence-electron chi connectivity index (χ0n) is 62.2. The van der Waals surface area contributed by atoms with E-state index < -0.39 is 0 Å². The third-order valence-corrected chi connectivity index (χ3v) is 21.3. The highest BCUT2D eigenvalue weighted by Gasteiger charge is 2.15. The second-order valence-electron chi connectivity index (χ2n) is 27.6. The first-order valence-corrected chi connectivity index (χ1v) is 39.6. The van der Waals surface area contributed by atoms with E-state index in [0.717, 1.165) is 48.8 Å². The molecular weight excluding hydrogens is 1500 g/mol. The first-order valence-electron chi connectivity index (χ1n) is 38.0. The van der Waals surface area contributed by atoms with Crippen molar-refractivity contribution in [3.05, 3.63) is 476 Å². The summed E-state index contributed by atoms with van der Waals surface area (Å²) in [5.74, 6) is 0. The van der Waals surface area contributed by atoms with E-state index in [1.165, 1.54) is 121 Å². The minimum atomic E-state index is 1.08. The predicted octanol–water partition coefficient (Wildman–Crippen LogP) is 32.0. The van der Waals surface area contributed by atoms with Gasteiger partial charge in [0.2, 0.25) is 0 Å². The van der Waals surface area contributed by atoms with Crippen LogP contribution < -0.4 is 15.5 Å². The standard InChI is InChI=1S/C36H26BrN.C32H23N.C24H19N.C16H11Br/c37-33-19-11-29(12-20-33)32-17-25-36(26-18-32)38(34-21-13-30(14-22-34)27-7-3-1-4-8-27)35-23-15-31(16-24-35)28-9-5-2-6-10-28;1-3-11-29-23(7-1)9-5-13-31(29)25-15-19-27(20-16-25)33-28-21-17-26(18-22-28)32-14-6-10-24-8-2-4-12-30(24)32;1-3-7-19(8-4-1)21-11-15-23(16-12-21)25-24-17-13-22(14-18-24)20-9-5-2-6-10-20;17-14-10-8-13(9-11-14)16-7-3-5-12-4-1-2-6-15(12)16/h1-26H;1-22,33H;1-18,25H;1-11H. The van der Waals surface area contributed by atoms with Gasteiger partial charge in [0.25, 0.3) is 0 Å². The quantitative estimate of drug-likeness (QED) is 0.107. The molecule has 0 heterocycles. The van der Waals surface area contributed by atoms with Gasteiger partial charge in [-0.1, -0.05) is 390 Å². The molecule has 3 nitrogen and oxygen atoms in total. The van der Waals surface area contributed by atoms with Crippen LogP contribution >= 0.6 is 31.9 Å². The minimum absolute atomic E-state index is 1.08. The van der Waals surface area contributed by atoms with Crippen LogP contribution in [0.15, 0.2) is 476 Å². The van der Waals surface area contributed by atoms with Crippen LogP contribution in [0.3, 0.4) is 0 Å². The van der Waals surface area contributed by atoms with Gasteiger partial charge in [0.1, 0.15) is 0 Å². The van der Waals surface area contributed by atoms with Gasteiger partial charge in [0.15, 0.2) is 0 Å². The van der Waals surface area contributed by atoms with Gasteiger partial charge in [-0.05, 0) is 231 Å². The molecule has 0 bridgehead atoms. The smallest absolute Gasteiger partial charge is 0.0462 e. The summed E-state index contributed by atoms with van der Waals surface area (Å²) in [6.45, 7) is 0. The van der Waals surface area contributed by atoms with E-state index in [1.807, 2.05) is 12.1 Å². The fraction of sp³-hybridized carbons (Fsp3) is 0. The van der Waals surface area contributed by atoms with Crippen LogP contribution in [-0.4, -0.2) is 0 Å². The number of nitrogens with one attached hydrogen (secondary N) is 2. The molecule has 0 aromatic heterocycles. The Labute approximate surface area is 679 Å². The lowest BCUT2D eigenvalue weighted by Crippen LogP contribution is -2.09. The average Bonchev–Trinajstić information content (AvgIpc) is 0.779. The maximum absolute atomic E-state index is 3.54. The fourth-order valence-electron chi connectivity index (χ4n) is 14.4. The van der Waals surface area contributed by atoms with Crippen LogP contribution in [0.5, 0.6) is 0 Å². The molecule has 0 amide bonds. The average molecular weight is 1580 g/mol. The number of benzene rings is 19. The highest BCUT2D eigenvalue weighted by Crippen LogP contribution is 2.40. The van der Waals surface area contributed by atoms with Gasteiger partial charge >= 0.3 is 0 Å². The van der Waals surface area contributed by atoms with Crippen LogP contribution in [0.4, 0.5) is 39.8 Å². The molecule has 0 saturated heterocycles. The Morgan fingerprint density at radius 2 is 0.336 bits per heavy atom. The van der Waals surface area contributed by atoms with Crippen LogP contribution in [0, 0.1) is 0 Å². The van der Waals surface area contributed by atoms with Crippen LogP contribution in [0.25, 0.3) is 121 Å². The Kier molecular flexibility index (Phi) is 23.3. The summed E-state index contributed by atoms with van der Waals surface area (Å²) >= 11 is 7.00. The van der Waals surface area contributed by atoms with Gasteiger partial charge in [-0.2, -0.15) is 0 Å². The van der Waals surface area contributed by atoms with Crippen molar-refractivity contribution < 1.29 is 0 Å². The van der Waals surface area contributed by atoms with Gasteiger partial charge in [0.05, 0.1) is 0 Å². The number of anilines is 7. The lowest BCUT2D eigenvalue weighted by atomic mass is 9.98. The molecular formula is C108H79Br2N3. The van der Waals surface area contributed by atoms with Gasteiger partial charge in [0, 0.05) is 48.8 Å². The lowest BCUT2D eigenvalue weighted by Gasteiger charge is -2.26. The Balaban J connectivity index is 0.000000118. The molecule has 540 valence electrons. The first-order chi connectivity index (χ1) is 55.8. The third kappa shape index (κ3) is 18.3. The molecule has 19 aromatic carbocycles. The van der Waals surface area contributed by atoms with Crippen LogP contribution in [-0.2, 0) is 0 Å². The Morgan fingerprint density at radius 1 is 0.150 bits per heavy atom. The molecule has 0 unspecified atom stereocenters. The molecule has 19 aromatic rings. The lowest BCUT2D eigenvalue weighted by molar-refractivity contribution is 1.28. The van der Waals surface area contributed by atoms with E-state index in [9.17, 15) is 0 Å². The molecule has 0 saturated carbocycles. The SMILES string of the molecule is Brc1ccc(-c2ccc(N(c3ccc(-c4ccccc4)cc3)c3ccc(-c4ccccc4)cc3)cc2)cc1.Brc1ccc(-c2cccc3ccccc23)cc1.c1ccc(-c2ccc(Nc3ccc(-c4ccccc4)cc3)cc2)cc1.c1ccc2c(-c3ccc(Nc4ccc(-c5cccc6ccccc56)cc4)cc3)cccc2c1. The van der Waals surface area contributed by atoms with Crippen molar-refractivity contribution in [2.45, 2.75) is 0 Å². The molecule has 0 radical (unpaired) electrons. The minimum Gasteiger partial charge on any atom is -0.356 e. The van der Waals surface area contributed by atoms with E-state index in [1.54, 1.807) is 0 Å². The number of halogens is 2. The fourth-order valence-corrected chi connectivity index (χ4v) is 14.9. The van der Waals surface area contributed by atoms with Gasteiger partial charge in [-0.3, -0.25) is 0 Å². The number of hydrogen-bond acceptors (Lipinski definition) is 3. The summed E-state index contributed by atoms with van der Waals surface area (Å²) in [5.41, 5.74) is 27.4. The molecule has 0 spiro atoms. The zero-order chi connectivity index (χ0) is 76.3. The maximum Gasteiger partial charge on any atom is 0.0462 e. The van der Waals surface area contributed by atoms with Crippen molar-refractivity contribution in [3.8, 4) is 89.0 Å². The third-order valence-electron chi connectivity index (χ3n) is 20.2. The second-order valence-corrected chi connectivity index (χ2v) is 29.4. The summed E-state index contributed by atoms with van der Waals surface area (Å²) in [7, 11) is 0. The molecule has 0 atom stereocenters. The van der Waals surface area contributed by atoms with Crippen LogP contribution in [0.1, 0.15) is 0 Å². The monoisotopic (exact) mass is 1580 g/mol. The van der Waals surface area contributed by atoms with E-state index in [2.05, 4.69) is 502 Å². The number of rotatable bonds is 15. The van der Waals surface area contributed by atoms with E-state index >= 15 is 0 Å². The molecule has 5 heteroatoms. The first kappa shape index (κ1) is 73.5. The summed E-state index contributed by atoms with van der Waals surface area (Å²) < 4.78 is 2.20. The normalized spacial score (nSPS) is 10.7. The number of fused-ring (bicyclic) bond motifs is 3. The van der Waals surface area contributed by atoms with Crippen molar-refractivity contribution in [1.29, 1.82) is 0 Å². The maximum atomic E-state index is 3.54. The number of hydrogen-bond donors (Lipinski definition) is 2. The van der Waals surface area contributed by atoms with Crippen molar-refractivity contribution in [1.82, 2.24) is 0 Å². The molecule has 0 aliphatic rings. The predicted molar refractivity (Wildman–Crippen MR) is 491 cm³/mol. The van der Waals surface area contributed by atoms with Gasteiger partial charge in [-0.25, -0.2) is 0 Å². The van der Waals surface area contributed by atoms with Crippen molar-refractivity contribution >= 4 is 104 Å². The van der Waals surface area contributed by atoms with Crippen molar-refractivity contribution in [2.24, 2.45) is 0 Å². The van der Waals surface area contributed by atoms with Crippen LogP contribution in [0.2, 0.25) is 0 Å². The van der Waals surface area contributed by atoms with E-state index in [4.69, 9.17) is 0 Å². The number of nitrogens with zero attached hydrogens (tertiary/aromatic N) is 1. The van der Waals surface area contributed by atoms with Gasteiger partial charge in [-0.15, -0.1) is 0 Å². The summed E-state index contributed by atoms with van der Waals surface area (Å²) in [4.78, 5) is 2.31. The zero-order valence-corrected chi connectivity index (χ0v) is 65.3. The Morgan fingerprint density at radius 3 is 0.593 bits per heavy atom. The Bertz CT molecular complexity index is 5970. The molecule has 19 rings (SSSR count). The molecule has 0 aliphatic heterocycles. The molecule has 2 N–H and O–H groups in total. The molecule has 0 aliphatic carbocycles. The van der Waals surface area contributed by atoms with Gasteiger partial charge < -0.3 is 15.5 Å². The van der Waals surface area contributed by atoms with E-state index in [-0.39, 0.29) is 0 Å². The van der Waals surface area contributed by atoms with Crippen molar-refractivity contribution in [2.75, 3.05) is 15.5 Å². The summed E-state index contributed by atoms with van der Waals surface area (Å²) in [5, 5.41) is 14.7. The summed E-state index contributed by atoms with van der Waals surface area (Å²) in [6, 6.07) is 165. The summed E-state index contributed by atoms with van der Waals surface area (Å²) in [6.07, 6.45) is 0. The topological polar surface area (TPSA) is 27.3 Å².